The average molecular weight is 779 g/mol. The summed E-state index contributed by atoms with van der Waals surface area (Å²) in [6.45, 7) is 0. The lowest BCUT2D eigenvalue weighted by Gasteiger charge is -2.20. The molecule has 0 saturated carbocycles. The van der Waals surface area contributed by atoms with Gasteiger partial charge >= 0.3 is 0 Å². The molecule has 0 aliphatic carbocycles. The monoisotopic (exact) mass is 778 g/mol. The van der Waals surface area contributed by atoms with Crippen LogP contribution in [0.3, 0.4) is 0 Å². The van der Waals surface area contributed by atoms with Gasteiger partial charge in [-0.3, -0.25) is 0 Å². The molecule has 0 aromatic heterocycles. The van der Waals surface area contributed by atoms with E-state index in [4.69, 9.17) is 18.9 Å². The zero-order valence-electron chi connectivity index (χ0n) is 34.0. The van der Waals surface area contributed by atoms with Crippen molar-refractivity contribution >= 4 is 43.1 Å². The quantitative estimate of drug-likeness (QED) is 0.137. The fourth-order valence-corrected chi connectivity index (χ4v) is 8.99. The van der Waals surface area contributed by atoms with Crippen molar-refractivity contribution < 1.29 is 18.9 Å². The highest BCUT2D eigenvalue weighted by Crippen LogP contribution is 2.48. The van der Waals surface area contributed by atoms with Crippen molar-refractivity contribution in [2.45, 2.75) is 0 Å². The van der Waals surface area contributed by atoms with E-state index in [1.54, 1.807) is 28.4 Å². The van der Waals surface area contributed by atoms with E-state index in [0.717, 1.165) is 56.4 Å². The van der Waals surface area contributed by atoms with Crippen LogP contribution in [0.2, 0.25) is 0 Å². The van der Waals surface area contributed by atoms with Gasteiger partial charge in [0.15, 0.2) is 0 Å². The molecule has 4 heteroatoms. The Bertz CT molecular complexity index is 2980. The molecule has 0 spiro atoms. The molecule has 10 aromatic carbocycles. The maximum Gasteiger partial charge on any atom is 0.118 e. The van der Waals surface area contributed by atoms with E-state index in [1.165, 1.54) is 65.3 Å². The molecule has 0 aliphatic rings. The molecule has 0 N–H and O–H groups in total. The number of methoxy groups -OCH3 is 4. The second kappa shape index (κ2) is 15.3. The van der Waals surface area contributed by atoms with Crippen LogP contribution in [0, 0.1) is 0 Å². The van der Waals surface area contributed by atoms with Gasteiger partial charge in [0.05, 0.1) is 28.4 Å². The van der Waals surface area contributed by atoms with Crippen LogP contribution in [0.1, 0.15) is 0 Å². The molecule has 0 radical (unpaired) electrons. The normalized spacial score (nSPS) is 11.3. The van der Waals surface area contributed by atoms with Crippen molar-refractivity contribution in [3.8, 4) is 78.6 Å². The summed E-state index contributed by atoms with van der Waals surface area (Å²) in [5, 5.41) is 9.48. The molecular weight excluding hydrogens is 737 g/mol. The zero-order chi connectivity index (χ0) is 40.7. The molecular formula is C56H42O4. The highest BCUT2D eigenvalue weighted by molar-refractivity contribution is 6.24. The highest BCUT2D eigenvalue weighted by atomic mass is 16.5. The second-order valence-electron chi connectivity index (χ2n) is 15.0. The first-order chi connectivity index (χ1) is 29.6. The van der Waals surface area contributed by atoms with Gasteiger partial charge in [0.2, 0.25) is 0 Å². The van der Waals surface area contributed by atoms with Crippen LogP contribution >= 0.6 is 0 Å². The van der Waals surface area contributed by atoms with Crippen molar-refractivity contribution in [1.82, 2.24) is 0 Å². The molecule has 4 nitrogen and oxygen atoms in total. The standard InChI is InChI=1S/C56H42O4/c1-57-41-23-13-35(14-24-41)53-45-9-5-7-11-47(45)55(37-17-27-43(59-3)28-18-37)51-33-39(21-31-49(51)53)40-22-32-50-52(34-40)56(38-19-29-44(60-4)30-20-38)48-12-8-6-10-46(48)54(50)36-15-25-42(58-2)26-16-36/h5-34H,1-4H3. The van der Waals surface area contributed by atoms with E-state index in [9.17, 15) is 0 Å². The molecule has 0 amide bonds. The Morgan fingerprint density at radius 2 is 0.433 bits per heavy atom. The smallest absolute Gasteiger partial charge is 0.118 e. The van der Waals surface area contributed by atoms with Gasteiger partial charge in [0.1, 0.15) is 23.0 Å². The van der Waals surface area contributed by atoms with Crippen LogP contribution in [-0.2, 0) is 0 Å². The lowest BCUT2D eigenvalue weighted by molar-refractivity contribution is 0.415. The first-order valence-corrected chi connectivity index (χ1v) is 20.1. The van der Waals surface area contributed by atoms with Gasteiger partial charge in [0, 0.05) is 0 Å². The lowest BCUT2D eigenvalue weighted by Crippen LogP contribution is -1.93. The minimum atomic E-state index is 0.827. The Morgan fingerprint density at radius 1 is 0.217 bits per heavy atom. The van der Waals surface area contributed by atoms with E-state index in [-0.39, 0.29) is 0 Å². The summed E-state index contributed by atoms with van der Waals surface area (Å²) in [7, 11) is 6.84. The van der Waals surface area contributed by atoms with Gasteiger partial charge in [-0.2, -0.15) is 0 Å². The Hall–Kier alpha value is -7.56. The number of hydrogen-bond acceptors (Lipinski definition) is 4. The van der Waals surface area contributed by atoms with Crippen LogP contribution in [0.25, 0.3) is 98.7 Å². The molecule has 60 heavy (non-hydrogen) atoms. The van der Waals surface area contributed by atoms with Gasteiger partial charge in [0.25, 0.3) is 0 Å². The summed E-state index contributed by atoms with van der Waals surface area (Å²) in [6, 6.07) is 65.1. The van der Waals surface area contributed by atoms with Crippen molar-refractivity contribution in [3.05, 3.63) is 182 Å². The minimum Gasteiger partial charge on any atom is -0.497 e. The van der Waals surface area contributed by atoms with Crippen LogP contribution in [0.5, 0.6) is 23.0 Å². The van der Waals surface area contributed by atoms with Gasteiger partial charge in [-0.15, -0.1) is 0 Å². The fraction of sp³-hybridized carbons (Fsp3) is 0.0714. The second-order valence-corrected chi connectivity index (χ2v) is 15.0. The number of hydrogen-bond donors (Lipinski definition) is 0. The predicted molar refractivity (Wildman–Crippen MR) is 250 cm³/mol. The molecule has 0 unspecified atom stereocenters. The predicted octanol–water partition coefficient (Wildman–Crippen LogP) is 14.7. The van der Waals surface area contributed by atoms with E-state index in [0.29, 0.717) is 0 Å². The van der Waals surface area contributed by atoms with Crippen LogP contribution in [0.4, 0.5) is 0 Å². The molecule has 290 valence electrons. The topological polar surface area (TPSA) is 36.9 Å². The van der Waals surface area contributed by atoms with Gasteiger partial charge in [-0.05, 0) is 159 Å². The zero-order valence-corrected chi connectivity index (χ0v) is 34.0. The Morgan fingerprint density at radius 3 is 0.683 bits per heavy atom. The van der Waals surface area contributed by atoms with Crippen LogP contribution in [-0.4, -0.2) is 28.4 Å². The van der Waals surface area contributed by atoms with Crippen molar-refractivity contribution in [3.63, 3.8) is 0 Å². The van der Waals surface area contributed by atoms with Gasteiger partial charge in [-0.1, -0.05) is 121 Å². The summed E-state index contributed by atoms with van der Waals surface area (Å²) in [5.41, 5.74) is 11.6. The Kier molecular flexibility index (Phi) is 9.38. The maximum absolute atomic E-state index is 5.59. The third-order valence-corrected chi connectivity index (χ3v) is 11.9. The molecule has 0 heterocycles. The number of fused-ring (bicyclic) bond motifs is 4. The van der Waals surface area contributed by atoms with Gasteiger partial charge < -0.3 is 18.9 Å². The third-order valence-electron chi connectivity index (χ3n) is 11.9. The van der Waals surface area contributed by atoms with E-state index in [2.05, 4.69) is 133 Å². The third kappa shape index (κ3) is 6.25. The van der Waals surface area contributed by atoms with Gasteiger partial charge in [-0.25, -0.2) is 0 Å². The maximum atomic E-state index is 5.59. The Balaban J connectivity index is 1.27. The summed E-state index contributed by atoms with van der Waals surface area (Å²) in [4.78, 5) is 0. The van der Waals surface area contributed by atoms with E-state index in [1.807, 2.05) is 48.5 Å². The minimum absolute atomic E-state index is 0.827. The van der Waals surface area contributed by atoms with Crippen LogP contribution < -0.4 is 18.9 Å². The lowest BCUT2D eigenvalue weighted by atomic mass is 9.83. The molecule has 0 atom stereocenters. The first-order valence-electron chi connectivity index (χ1n) is 20.1. The van der Waals surface area contributed by atoms with Crippen LogP contribution in [0.15, 0.2) is 182 Å². The SMILES string of the molecule is COc1ccc(-c2c3ccccc3c(-c3ccc(OC)cc3)c3cc(-c4ccc5c(-c6ccc(OC)cc6)c6ccccc6c(-c6ccc(OC)cc6)c5c4)ccc23)cc1. The van der Waals surface area contributed by atoms with E-state index >= 15 is 0 Å². The summed E-state index contributed by atoms with van der Waals surface area (Å²) in [6.07, 6.45) is 0. The van der Waals surface area contributed by atoms with E-state index < -0.39 is 0 Å². The molecule has 0 saturated heterocycles. The van der Waals surface area contributed by atoms with Crippen molar-refractivity contribution in [2.75, 3.05) is 28.4 Å². The number of ether oxygens (including phenoxy) is 4. The average Bonchev–Trinajstić information content (AvgIpc) is 3.32. The largest absolute Gasteiger partial charge is 0.497 e. The fourth-order valence-electron chi connectivity index (χ4n) is 8.99. The summed E-state index contributed by atoms with van der Waals surface area (Å²) >= 11 is 0. The molecule has 0 fully saturated rings. The summed E-state index contributed by atoms with van der Waals surface area (Å²) in [5.74, 6) is 3.32. The molecule has 10 rings (SSSR count). The molecule has 0 bridgehead atoms. The Labute approximate surface area is 349 Å². The highest BCUT2D eigenvalue weighted by Gasteiger charge is 2.20. The van der Waals surface area contributed by atoms with Crippen molar-refractivity contribution in [1.29, 1.82) is 0 Å². The molecule has 10 aromatic rings. The first kappa shape index (κ1) is 36.8. The number of benzene rings is 10. The number of rotatable bonds is 9. The van der Waals surface area contributed by atoms with Crippen molar-refractivity contribution in [2.24, 2.45) is 0 Å². The summed E-state index contributed by atoms with van der Waals surface area (Å²) < 4.78 is 22.3. The molecule has 0 aliphatic heterocycles.